The highest BCUT2D eigenvalue weighted by molar-refractivity contribution is 5.52. The number of hydrogen-bond donors (Lipinski definition) is 0. The molecule has 0 aliphatic heterocycles. The minimum atomic E-state index is 0.915. The minimum Gasteiger partial charge on any atom is -0.255 e. The average Bonchev–Trinajstić information content (AvgIpc) is 2.49. The molecular formula is C18H20N2. The van der Waals surface area contributed by atoms with Gasteiger partial charge in [-0.15, -0.1) is 0 Å². The summed E-state index contributed by atoms with van der Waals surface area (Å²) in [6.07, 6.45) is 17.5. The molecule has 0 atom stereocenters. The van der Waals surface area contributed by atoms with Crippen LogP contribution in [0.2, 0.25) is 0 Å². The van der Waals surface area contributed by atoms with Crippen molar-refractivity contribution in [3.63, 3.8) is 0 Å². The van der Waals surface area contributed by atoms with Gasteiger partial charge in [0.05, 0.1) is 11.4 Å². The maximum atomic E-state index is 4.19. The highest BCUT2D eigenvalue weighted by Crippen LogP contribution is 2.10. The second kappa shape index (κ2) is 8.81. The van der Waals surface area contributed by atoms with E-state index in [1.165, 1.54) is 25.7 Å². The summed E-state index contributed by atoms with van der Waals surface area (Å²) in [6.45, 7) is 0. The zero-order valence-electron chi connectivity index (χ0n) is 11.7. The van der Waals surface area contributed by atoms with E-state index in [4.69, 9.17) is 0 Å². The maximum absolute atomic E-state index is 4.19. The van der Waals surface area contributed by atoms with Gasteiger partial charge in [-0.05, 0) is 49.9 Å². The molecule has 2 nitrogen and oxygen atoms in total. The summed E-state index contributed by atoms with van der Waals surface area (Å²) >= 11 is 0. The second-order valence-corrected chi connectivity index (χ2v) is 4.53. The Hall–Kier alpha value is -2.22. The van der Waals surface area contributed by atoms with Crippen molar-refractivity contribution in [1.29, 1.82) is 0 Å². The molecule has 0 amide bonds. The van der Waals surface area contributed by atoms with Crippen LogP contribution in [0.3, 0.4) is 0 Å². The Morgan fingerprint density at radius 1 is 0.550 bits per heavy atom. The van der Waals surface area contributed by atoms with E-state index >= 15 is 0 Å². The molecule has 0 radical (unpaired) electrons. The van der Waals surface area contributed by atoms with Crippen LogP contribution in [-0.4, -0.2) is 9.97 Å². The van der Waals surface area contributed by atoms with Crippen molar-refractivity contribution in [3.05, 3.63) is 73.1 Å². The fourth-order valence-electron chi connectivity index (χ4n) is 1.88. The quantitative estimate of drug-likeness (QED) is 0.690. The normalized spacial score (nSPS) is 17.0. The number of allylic oxidation sites excluding steroid dienone is 4. The SMILES string of the molecule is C1=C\CC/C=C\CC/1.c1ccc(-c2ccccn2)nc1. The molecule has 0 saturated carbocycles. The third-order valence-corrected chi connectivity index (χ3v) is 2.93. The summed E-state index contributed by atoms with van der Waals surface area (Å²) in [7, 11) is 0. The third-order valence-electron chi connectivity index (χ3n) is 2.93. The highest BCUT2D eigenvalue weighted by Gasteiger charge is 1.95. The van der Waals surface area contributed by atoms with Crippen LogP contribution in [0.25, 0.3) is 11.4 Å². The van der Waals surface area contributed by atoms with Gasteiger partial charge >= 0.3 is 0 Å². The average molecular weight is 264 g/mol. The zero-order chi connectivity index (χ0) is 13.9. The number of rotatable bonds is 1. The molecule has 3 rings (SSSR count). The van der Waals surface area contributed by atoms with Gasteiger partial charge in [-0.1, -0.05) is 36.4 Å². The Morgan fingerprint density at radius 3 is 1.25 bits per heavy atom. The highest BCUT2D eigenvalue weighted by atomic mass is 14.7. The van der Waals surface area contributed by atoms with Crippen LogP contribution in [0.4, 0.5) is 0 Å². The lowest BCUT2D eigenvalue weighted by atomic mass is 10.1. The predicted molar refractivity (Wildman–Crippen MR) is 84.2 cm³/mol. The molecule has 2 heteroatoms. The Labute approximate surface area is 120 Å². The number of pyridine rings is 2. The lowest BCUT2D eigenvalue weighted by molar-refractivity contribution is 0.962. The first kappa shape index (κ1) is 14.2. The van der Waals surface area contributed by atoms with Crippen molar-refractivity contribution >= 4 is 0 Å². The monoisotopic (exact) mass is 264 g/mol. The summed E-state index contributed by atoms with van der Waals surface area (Å²) < 4.78 is 0. The molecule has 102 valence electrons. The van der Waals surface area contributed by atoms with E-state index in [0.717, 1.165) is 11.4 Å². The van der Waals surface area contributed by atoms with Crippen molar-refractivity contribution in [2.45, 2.75) is 25.7 Å². The van der Waals surface area contributed by atoms with E-state index in [0.29, 0.717) is 0 Å². The molecule has 0 fully saturated rings. The van der Waals surface area contributed by atoms with Crippen molar-refractivity contribution in [1.82, 2.24) is 9.97 Å². The van der Waals surface area contributed by atoms with E-state index < -0.39 is 0 Å². The Bertz CT molecular complexity index is 466. The van der Waals surface area contributed by atoms with E-state index in [9.17, 15) is 0 Å². The number of nitrogens with zero attached hydrogens (tertiary/aromatic N) is 2. The molecule has 1 aliphatic carbocycles. The Balaban J connectivity index is 0.000000160. The van der Waals surface area contributed by atoms with Gasteiger partial charge in [0.1, 0.15) is 0 Å². The number of aromatic nitrogens is 2. The molecular weight excluding hydrogens is 244 g/mol. The van der Waals surface area contributed by atoms with Crippen LogP contribution in [0.1, 0.15) is 25.7 Å². The van der Waals surface area contributed by atoms with Crippen LogP contribution in [0, 0.1) is 0 Å². The molecule has 0 aromatic carbocycles. The molecule has 0 spiro atoms. The predicted octanol–water partition coefficient (Wildman–Crippen LogP) is 4.82. The molecule has 0 bridgehead atoms. The summed E-state index contributed by atoms with van der Waals surface area (Å²) in [5.74, 6) is 0. The first-order valence-corrected chi connectivity index (χ1v) is 7.09. The first-order valence-electron chi connectivity index (χ1n) is 7.09. The molecule has 2 heterocycles. The molecule has 2 aromatic rings. The maximum Gasteiger partial charge on any atom is 0.0886 e. The van der Waals surface area contributed by atoms with Crippen LogP contribution in [0.15, 0.2) is 73.1 Å². The minimum absolute atomic E-state index is 0.915. The van der Waals surface area contributed by atoms with E-state index in [1.54, 1.807) is 12.4 Å². The number of hydrogen-bond acceptors (Lipinski definition) is 2. The van der Waals surface area contributed by atoms with Crippen LogP contribution >= 0.6 is 0 Å². The van der Waals surface area contributed by atoms with Gasteiger partial charge in [0.25, 0.3) is 0 Å². The van der Waals surface area contributed by atoms with Gasteiger partial charge in [-0.2, -0.15) is 0 Å². The van der Waals surface area contributed by atoms with Crippen molar-refractivity contribution in [3.8, 4) is 11.4 Å². The van der Waals surface area contributed by atoms with E-state index in [1.807, 2.05) is 36.4 Å². The van der Waals surface area contributed by atoms with Gasteiger partial charge in [-0.25, -0.2) is 0 Å². The first-order chi connectivity index (χ1) is 9.97. The second-order valence-electron chi connectivity index (χ2n) is 4.53. The van der Waals surface area contributed by atoms with Crippen molar-refractivity contribution in [2.75, 3.05) is 0 Å². The van der Waals surface area contributed by atoms with E-state index in [2.05, 4.69) is 34.3 Å². The summed E-state index contributed by atoms with van der Waals surface area (Å²) in [5, 5.41) is 0. The largest absolute Gasteiger partial charge is 0.255 e. The fraction of sp³-hybridized carbons (Fsp3) is 0.222. The molecule has 0 unspecified atom stereocenters. The van der Waals surface area contributed by atoms with Crippen LogP contribution in [-0.2, 0) is 0 Å². The third kappa shape index (κ3) is 5.19. The summed E-state index contributed by atoms with van der Waals surface area (Å²) in [4.78, 5) is 8.37. The van der Waals surface area contributed by atoms with Gasteiger partial charge < -0.3 is 0 Å². The van der Waals surface area contributed by atoms with Crippen molar-refractivity contribution < 1.29 is 0 Å². The zero-order valence-corrected chi connectivity index (χ0v) is 11.7. The van der Waals surface area contributed by atoms with Gasteiger partial charge in [0.15, 0.2) is 0 Å². The van der Waals surface area contributed by atoms with E-state index in [-0.39, 0.29) is 0 Å². The van der Waals surface area contributed by atoms with Crippen molar-refractivity contribution in [2.24, 2.45) is 0 Å². The lowest BCUT2D eigenvalue weighted by Crippen LogP contribution is -1.83. The molecule has 1 aliphatic rings. The smallest absolute Gasteiger partial charge is 0.0886 e. The summed E-state index contributed by atoms with van der Waals surface area (Å²) in [6, 6.07) is 11.6. The topological polar surface area (TPSA) is 25.8 Å². The molecule has 2 aromatic heterocycles. The van der Waals surface area contributed by atoms with Gasteiger partial charge in [0, 0.05) is 12.4 Å². The Morgan fingerprint density at radius 2 is 0.950 bits per heavy atom. The van der Waals surface area contributed by atoms with Crippen LogP contribution in [0.5, 0.6) is 0 Å². The van der Waals surface area contributed by atoms with Crippen LogP contribution < -0.4 is 0 Å². The molecule has 0 N–H and O–H groups in total. The molecule has 20 heavy (non-hydrogen) atoms. The fourth-order valence-corrected chi connectivity index (χ4v) is 1.88. The Kier molecular flexibility index (Phi) is 6.25. The standard InChI is InChI=1S/C10H8N2.C8H12/c1-3-7-11-9(5-1)10-6-2-4-8-12-10;1-2-4-6-8-7-5-3-1/h1-8H;1-2,7-8H,3-6H2/b;2-1-,8-7-. The van der Waals surface area contributed by atoms with Gasteiger partial charge in [-0.3, -0.25) is 9.97 Å². The van der Waals surface area contributed by atoms with Gasteiger partial charge in [0.2, 0.25) is 0 Å². The molecule has 0 saturated heterocycles. The summed E-state index contributed by atoms with van der Waals surface area (Å²) in [5.41, 5.74) is 1.83. The lowest BCUT2D eigenvalue weighted by Gasteiger charge is -1.96.